The average molecular weight is 415 g/mol. The molecule has 0 spiro atoms. The summed E-state index contributed by atoms with van der Waals surface area (Å²) in [5.41, 5.74) is 5.89. The van der Waals surface area contributed by atoms with Gasteiger partial charge in [0.1, 0.15) is 5.01 Å². The predicted octanol–water partition coefficient (Wildman–Crippen LogP) is 4.87. The minimum absolute atomic E-state index is 0.353. The van der Waals surface area contributed by atoms with E-state index < -0.39 is 10.0 Å². The zero-order valence-corrected chi connectivity index (χ0v) is 18.6. The molecular weight excluding hydrogens is 388 g/mol. The summed E-state index contributed by atoms with van der Waals surface area (Å²) in [6.07, 6.45) is 0.624. The molecule has 0 saturated heterocycles. The Hall–Kier alpha value is -2.02. The van der Waals surface area contributed by atoms with E-state index in [9.17, 15) is 8.42 Å². The molecular formula is C22H26N2O2S2. The molecule has 3 rings (SSSR count). The number of sulfonamides is 1. The molecule has 0 radical (unpaired) electrons. The number of rotatable bonds is 6. The lowest BCUT2D eigenvalue weighted by Crippen LogP contribution is -2.27. The number of aryl methyl sites for hydroxylation is 5. The van der Waals surface area contributed by atoms with E-state index in [-0.39, 0.29) is 0 Å². The molecule has 1 heterocycles. The highest BCUT2D eigenvalue weighted by molar-refractivity contribution is 7.89. The largest absolute Gasteiger partial charge is 0.241 e. The van der Waals surface area contributed by atoms with Crippen molar-refractivity contribution in [3.63, 3.8) is 0 Å². The van der Waals surface area contributed by atoms with E-state index in [0.717, 1.165) is 37.8 Å². The quantitative estimate of drug-likeness (QED) is 0.626. The van der Waals surface area contributed by atoms with E-state index >= 15 is 0 Å². The fourth-order valence-corrected chi connectivity index (χ4v) is 5.99. The van der Waals surface area contributed by atoms with Crippen molar-refractivity contribution in [3.05, 3.63) is 69.2 Å². The molecule has 0 atom stereocenters. The van der Waals surface area contributed by atoms with Crippen LogP contribution in [0, 0.1) is 34.6 Å². The van der Waals surface area contributed by atoms with Gasteiger partial charge in [-0.25, -0.2) is 18.1 Å². The van der Waals surface area contributed by atoms with Crippen LogP contribution in [0.2, 0.25) is 0 Å². The van der Waals surface area contributed by atoms with Gasteiger partial charge in [-0.05, 0) is 52.2 Å². The molecule has 0 fully saturated rings. The van der Waals surface area contributed by atoms with Gasteiger partial charge in [0.25, 0.3) is 0 Å². The standard InChI is InChI=1S/C22H26N2O2S2/c1-14-6-8-19(9-7-14)22-24-18(5)20(27-22)10-11-23-28(25,26)21-16(3)12-15(2)13-17(21)4/h6-9,12-13,23H,10-11H2,1-5H3. The Morgan fingerprint density at radius 3 is 2.14 bits per heavy atom. The third-order valence-electron chi connectivity index (χ3n) is 4.71. The second-order valence-electron chi connectivity index (χ2n) is 7.27. The SMILES string of the molecule is Cc1ccc(-c2nc(C)c(CCNS(=O)(=O)c3c(C)cc(C)cc3C)s2)cc1. The number of nitrogens with one attached hydrogen (secondary N) is 1. The van der Waals surface area contributed by atoms with Gasteiger partial charge in [0.15, 0.2) is 0 Å². The molecule has 3 aromatic rings. The number of benzene rings is 2. The normalized spacial score (nSPS) is 11.8. The van der Waals surface area contributed by atoms with E-state index in [1.807, 2.05) is 39.8 Å². The molecule has 0 aliphatic rings. The fourth-order valence-electron chi connectivity index (χ4n) is 3.44. The first kappa shape index (κ1) is 20.7. The number of aromatic nitrogens is 1. The monoisotopic (exact) mass is 414 g/mol. The van der Waals surface area contributed by atoms with E-state index in [1.54, 1.807) is 11.3 Å². The van der Waals surface area contributed by atoms with Crippen LogP contribution < -0.4 is 4.72 Å². The van der Waals surface area contributed by atoms with Crippen LogP contribution in [0.25, 0.3) is 10.6 Å². The molecule has 6 heteroatoms. The highest BCUT2D eigenvalue weighted by Gasteiger charge is 2.20. The Bertz CT molecular complexity index is 1080. The second kappa shape index (κ2) is 8.15. The van der Waals surface area contributed by atoms with Gasteiger partial charge < -0.3 is 0 Å². The van der Waals surface area contributed by atoms with Crippen LogP contribution in [0.15, 0.2) is 41.3 Å². The molecule has 1 aromatic heterocycles. The molecule has 148 valence electrons. The molecule has 0 unspecified atom stereocenters. The highest BCUT2D eigenvalue weighted by atomic mass is 32.2. The zero-order chi connectivity index (χ0) is 20.5. The Morgan fingerprint density at radius 1 is 0.929 bits per heavy atom. The molecule has 0 saturated carbocycles. The fraction of sp³-hybridized carbons (Fsp3) is 0.318. The van der Waals surface area contributed by atoms with Crippen molar-refractivity contribution < 1.29 is 8.42 Å². The predicted molar refractivity (Wildman–Crippen MR) is 117 cm³/mol. The minimum atomic E-state index is -3.54. The first-order valence-electron chi connectivity index (χ1n) is 9.28. The molecule has 28 heavy (non-hydrogen) atoms. The minimum Gasteiger partial charge on any atom is -0.241 e. The summed E-state index contributed by atoms with van der Waals surface area (Å²) >= 11 is 1.63. The zero-order valence-electron chi connectivity index (χ0n) is 17.0. The highest BCUT2D eigenvalue weighted by Crippen LogP contribution is 2.28. The van der Waals surface area contributed by atoms with Crippen molar-refractivity contribution in [2.24, 2.45) is 0 Å². The Kier molecular flexibility index (Phi) is 6.03. The van der Waals surface area contributed by atoms with Crippen molar-refractivity contribution in [2.75, 3.05) is 6.54 Å². The molecule has 0 aliphatic carbocycles. The summed E-state index contributed by atoms with van der Waals surface area (Å²) in [7, 11) is -3.54. The number of hydrogen-bond donors (Lipinski definition) is 1. The van der Waals surface area contributed by atoms with Crippen LogP contribution in [0.3, 0.4) is 0 Å². The average Bonchev–Trinajstić information content (AvgIpc) is 2.95. The van der Waals surface area contributed by atoms with Gasteiger partial charge in [0.2, 0.25) is 10.0 Å². The maximum absolute atomic E-state index is 12.8. The summed E-state index contributed by atoms with van der Waals surface area (Å²) in [5.74, 6) is 0. The summed E-state index contributed by atoms with van der Waals surface area (Å²) in [6.45, 7) is 10.1. The van der Waals surface area contributed by atoms with Crippen molar-refractivity contribution in [2.45, 2.75) is 45.9 Å². The van der Waals surface area contributed by atoms with Gasteiger partial charge in [-0.3, -0.25) is 0 Å². The van der Waals surface area contributed by atoms with Crippen LogP contribution in [-0.4, -0.2) is 19.9 Å². The van der Waals surface area contributed by atoms with Crippen molar-refractivity contribution in [1.29, 1.82) is 0 Å². The van der Waals surface area contributed by atoms with Gasteiger partial charge >= 0.3 is 0 Å². The third kappa shape index (κ3) is 4.51. The second-order valence-corrected chi connectivity index (χ2v) is 10.1. The third-order valence-corrected chi connectivity index (χ3v) is 7.74. The number of thiazole rings is 1. The lowest BCUT2D eigenvalue weighted by atomic mass is 10.1. The van der Waals surface area contributed by atoms with Gasteiger partial charge in [-0.2, -0.15) is 0 Å². The van der Waals surface area contributed by atoms with Gasteiger partial charge in [-0.15, -0.1) is 11.3 Å². The van der Waals surface area contributed by atoms with Gasteiger partial charge in [-0.1, -0.05) is 47.5 Å². The van der Waals surface area contributed by atoms with E-state index in [1.165, 1.54) is 5.56 Å². The Labute approximate surface area is 171 Å². The van der Waals surface area contributed by atoms with E-state index in [2.05, 4.69) is 40.9 Å². The summed E-state index contributed by atoms with van der Waals surface area (Å²) < 4.78 is 28.4. The van der Waals surface area contributed by atoms with Gasteiger partial charge in [0, 0.05) is 17.0 Å². The van der Waals surface area contributed by atoms with Crippen LogP contribution in [0.1, 0.15) is 32.8 Å². The van der Waals surface area contributed by atoms with Crippen LogP contribution in [0.5, 0.6) is 0 Å². The van der Waals surface area contributed by atoms with Crippen molar-refractivity contribution >= 4 is 21.4 Å². The van der Waals surface area contributed by atoms with Crippen molar-refractivity contribution in [1.82, 2.24) is 9.71 Å². The molecule has 2 aromatic carbocycles. The first-order chi connectivity index (χ1) is 13.2. The van der Waals surface area contributed by atoms with Crippen LogP contribution in [0.4, 0.5) is 0 Å². The molecule has 0 amide bonds. The Balaban J connectivity index is 1.72. The molecule has 0 bridgehead atoms. The smallest absolute Gasteiger partial charge is 0.241 e. The maximum atomic E-state index is 12.8. The lowest BCUT2D eigenvalue weighted by molar-refractivity contribution is 0.580. The van der Waals surface area contributed by atoms with Crippen LogP contribution in [-0.2, 0) is 16.4 Å². The Morgan fingerprint density at radius 2 is 1.54 bits per heavy atom. The summed E-state index contributed by atoms with van der Waals surface area (Å²) in [6, 6.07) is 12.1. The van der Waals surface area contributed by atoms with Gasteiger partial charge in [0.05, 0.1) is 10.6 Å². The maximum Gasteiger partial charge on any atom is 0.241 e. The summed E-state index contributed by atoms with van der Waals surface area (Å²) in [4.78, 5) is 6.16. The molecule has 0 aliphatic heterocycles. The number of hydrogen-bond acceptors (Lipinski definition) is 4. The van der Waals surface area contributed by atoms with Crippen LogP contribution >= 0.6 is 11.3 Å². The number of nitrogens with zero attached hydrogens (tertiary/aromatic N) is 1. The van der Waals surface area contributed by atoms with E-state index in [0.29, 0.717) is 17.9 Å². The van der Waals surface area contributed by atoms with E-state index in [4.69, 9.17) is 0 Å². The molecule has 4 nitrogen and oxygen atoms in total. The first-order valence-corrected chi connectivity index (χ1v) is 11.6. The molecule has 1 N–H and O–H groups in total. The topological polar surface area (TPSA) is 59.1 Å². The lowest BCUT2D eigenvalue weighted by Gasteiger charge is -2.13. The summed E-state index contributed by atoms with van der Waals surface area (Å²) in [5, 5.41) is 0.973. The van der Waals surface area contributed by atoms with Crippen molar-refractivity contribution in [3.8, 4) is 10.6 Å².